The first-order chi connectivity index (χ1) is 11.4. The molecule has 0 bridgehead atoms. The second-order valence-electron chi connectivity index (χ2n) is 6.47. The van der Waals surface area contributed by atoms with Crippen LogP contribution in [0.15, 0.2) is 24.3 Å². The van der Waals surface area contributed by atoms with Gasteiger partial charge >= 0.3 is 0 Å². The molecule has 0 saturated heterocycles. The van der Waals surface area contributed by atoms with Gasteiger partial charge in [0.1, 0.15) is 0 Å². The van der Waals surface area contributed by atoms with Crippen LogP contribution in [-0.4, -0.2) is 40.9 Å². The van der Waals surface area contributed by atoms with Crippen LogP contribution in [-0.2, 0) is 26.5 Å². The molecule has 6 nitrogen and oxygen atoms in total. The summed E-state index contributed by atoms with van der Waals surface area (Å²) in [6.45, 7) is 0.358. The van der Waals surface area contributed by atoms with E-state index in [4.69, 9.17) is 0 Å². The van der Waals surface area contributed by atoms with Crippen molar-refractivity contribution >= 4 is 25.7 Å². The highest BCUT2D eigenvalue weighted by atomic mass is 32.2. The van der Waals surface area contributed by atoms with Gasteiger partial charge in [-0.15, -0.1) is 0 Å². The van der Waals surface area contributed by atoms with Gasteiger partial charge in [0, 0.05) is 13.1 Å². The highest BCUT2D eigenvalue weighted by Gasteiger charge is 2.30. The molecule has 8 heteroatoms. The van der Waals surface area contributed by atoms with Gasteiger partial charge in [-0.25, -0.2) is 21.6 Å². The Hall–Kier alpha value is -1.12. The van der Waals surface area contributed by atoms with Crippen molar-refractivity contribution < 1.29 is 16.8 Å². The van der Waals surface area contributed by atoms with Crippen LogP contribution < -0.4 is 9.03 Å². The summed E-state index contributed by atoms with van der Waals surface area (Å²) in [4.78, 5) is 0. The summed E-state index contributed by atoms with van der Waals surface area (Å²) in [6.07, 6.45) is 4.96. The average Bonchev–Trinajstić information content (AvgIpc) is 3.00. The molecule has 0 spiro atoms. The number of hydrogen-bond donors (Lipinski definition) is 1. The third kappa shape index (κ3) is 3.75. The standard InChI is InChI=1S/C16H24N2O4S2/c19-23(20,18-12-10-14-6-4-5-9-16(14)18)13-11-17-24(21,22)15-7-2-1-3-8-15/h4-6,9,15,17H,1-3,7-8,10-13H2. The minimum absolute atomic E-state index is 0.0696. The number of benzene rings is 1. The van der Waals surface area contributed by atoms with Crippen molar-refractivity contribution in [3.05, 3.63) is 29.8 Å². The Morgan fingerprint density at radius 3 is 2.50 bits per heavy atom. The Bertz CT molecular complexity index is 784. The van der Waals surface area contributed by atoms with Gasteiger partial charge in [-0.05, 0) is 30.9 Å². The van der Waals surface area contributed by atoms with E-state index in [0.717, 1.165) is 24.8 Å². The fraction of sp³-hybridized carbons (Fsp3) is 0.625. The molecule has 0 unspecified atom stereocenters. The lowest BCUT2D eigenvalue weighted by Crippen LogP contribution is -2.40. The summed E-state index contributed by atoms with van der Waals surface area (Å²) in [5.74, 6) is -0.215. The molecule has 0 amide bonds. The number of sulfonamides is 2. The Labute approximate surface area is 144 Å². The molecule has 0 atom stereocenters. The Morgan fingerprint density at radius 1 is 1.04 bits per heavy atom. The highest BCUT2D eigenvalue weighted by Crippen LogP contribution is 2.30. The molecule has 0 aromatic heterocycles. The van der Waals surface area contributed by atoms with Gasteiger partial charge in [-0.2, -0.15) is 0 Å². The molecule has 1 saturated carbocycles. The predicted molar refractivity (Wildman–Crippen MR) is 95.1 cm³/mol. The molecule has 24 heavy (non-hydrogen) atoms. The predicted octanol–water partition coefficient (Wildman–Crippen LogP) is 1.63. The SMILES string of the molecule is O=S(=O)(NCCS(=O)(=O)N1CCc2ccccc21)C1CCCCC1. The van der Waals surface area contributed by atoms with Crippen LogP contribution in [0.5, 0.6) is 0 Å². The second-order valence-corrected chi connectivity index (χ2v) is 10.5. The first-order valence-electron chi connectivity index (χ1n) is 8.47. The lowest BCUT2D eigenvalue weighted by Gasteiger charge is -2.23. The fourth-order valence-corrected chi connectivity index (χ4v) is 6.65. The number of nitrogens with one attached hydrogen (secondary N) is 1. The van der Waals surface area contributed by atoms with E-state index in [1.165, 1.54) is 4.31 Å². The smallest absolute Gasteiger partial charge is 0.236 e. The number of nitrogens with zero attached hydrogens (tertiary/aromatic N) is 1. The van der Waals surface area contributed by atoms with Crippen molar-refractivity contribution in [3.63, 3.8) is 0 Å². The first-order valence-corrected chi connectivity index (χ1v) is 11.6. The Kier molecular flexibility index (Phi) is 5.17. The largest absolute Gasteiger partial charge is 0.270 e. The summed E-state index contributed by atoms with van der Waals surface area (Å²) in [6, 6.07) is 7.44. The monoisotopic (exact) mass is 372 g/mol. The number of hydrogen-bond acceptors (Lipinski definition) is 4. The molecule has 1 aliphatic heterocycles. The van der Waals surface area contributed by atoms with E-state index in [1.54, 1.807) is 6.07 Å². The lowest BCUT2D eigenvalue weighted by atomic mass is 10.0. The van der Waals surface area contributed by atoms with Gasteiger partial charge in [-0.3, -0.25) is 4.31 Å². The minimum Gasteiger partial charge on any atom is -0.270 e. The summed E-state index contributed by atoms with van der Waals surface area (Å²) >= 11 is 0. The quantitative estimate of drug-likeness (QED) is 0.823. The molecule has 1 fully saturated rings. The van der Waals surface area contributed by atoms with Crippen molar-refractivity contribution in [2.24, 2.45) is 0 Å². The zero-order valence-electron chi connectivity index (χ0n) is 13.6. The third-order valence-electron chi connectivity index (χ3n) is 4.83. The van der Waals surface area contributed by atoms with E-state index in [2.05, 4.69) is 4.72 Å². The topological polar surface area (TPSA) is 83.5 Å². The van der Waals surface area contributed by atoms with Crippen LogP contribution in [0.4, 0.5) is 5.69 Å². The summed E-state index contributed by atoms with van der Waals surface area (Å²) in [7, 11) is -6.94. The van der Waals surface area contributed by atoms with Crippen LogP contribution in [0.2, 0.25) is 0 Å². The maximum absolute atomic E-state index is 12.5. The van der Waals surface area contributed by atoms with Crippen molar-refractivity contribution in [1.82, 2.24) is 4.72 Å². The number of fused-ring (bicyclic) bond motifs is 1. The van der Waals surface area contributed by atoms with Gasteiger partial charge in [0.15, 0.2) is 0 Å². The van der Waals surface area contributed by atoms with Crippen LogP contribution in [0.25, 0.3) is 0 Å². The van der Waals surface area contributed by atoms with Crippen molar-refractivity contribution in [3.8, 4) is 0 Å². The molecule has 1 aliphatic carbocycles. The number of anilines is 1. The average molecular weight is 373 g/mol. The molecule has 0 radical (unpaired) electrons. The number of para-hydroxylation sites is 1. The third-order valence-corrected chi connectivity index (χ3v) is 8.56. The van der Waals surface area contributed by atoms with Crippen LogP contribution in [0, 0.1) is 0 Å². The molecule has 1 aromatic rings. The second kappa shape index (κ2) is 7.01. The lowest BCUT2D eigenvalue weighted by molar-refractivity contribution is 0.478. The summed E-state index contributed by atoms with van der Waals surface area (Å²) in [5.41, 5.74) is 1.73. The molecular formula is C16H24N2O4S2. The van der Waals surface area contributed by atoms with E-state index < -0.39 is 20.0 Å². The van der Waals surface area contributed by atoms with Crippen molar-refractivity contribution in [2.75, 3.05) is 23.1 Å². The van der Waals surface area contributed by atoms with Gasteiger partial charge in [0.05, 0.1) is 16.7 Å². The maximum Gasteiger partial charge on any atom is 0.236 e. The summed E-state index contributed by atoms with van der Waals surface area (Å²) in [5, 5.41) is -0.374. The number of rotatable bonds is 6. The zero-order valence-corrected chi connectivity index (χ0v) is 15.3. The first kappa shape index (κ1) is 17.7. The van der Waals surface area contributed by atoms with Crippen molar-refractivity contribution in [1.29, 1.82) is 0 Å². The molecule has 2 aliphatic rings. The van der Waals surface area contributed by atoms with E-state index >= 15 is 0 Å². The Balaban J connectivity index is 1.60. The molecule has 1 heterocycles. The fourth-order valence-electron chi connectivity index (χ4n) is 3.51. The van der Waals surface area contributed by atoms with Crippen LogP contribution >= 0.6 is 0 Å². The molecule has 1 aromatic carbocycles. The Morgan fingerprint density at radius 2 is 1.75 bits per heavy atom. The van der Waals surface area contributed by atoms with Crippen LogP contribution in [0.1, 0.15) is 37.7 Å². The highest BCUT2D eigenvalue weighted by molar-refractivity contribution is 7.93. The van der Waals surface area contributed by atoms with Gasteiger partial charge in [0.2, 0.25) is 20.0 Å². The minimum atomic E-state index is -3.52. The molecule has 3 rings (SSSR count). The van der Waals surface area contributed by atoms with Crippen molar-refractivity contribution in [2.45, 2.75) is 43.8 Å². The zero-order chi connectivity index (χ0) is 17.2. The van der Waals surface area contributed by atoms with Crippen LogP contribution in [0.3, 0.4) is 0 Å². The van der Waals surface area contributed by atoms with Gasteiger partial charge < -0.3 is 0 Å². The van der Waals surface area contributed by atoms with E-state index in [0.29, 0.717) is 31.5 Å². The van der Waals surface area contributed by atoms with Gasteiger partial charge in [0.25, 0.3) is 0 Å². The maximum atomic E-state index is 12.5. The summed E-state index contributed by atoms with van der Waals surface area (Å²) < 4.78 is 53.5. The molecule has 1 N–H and O–H groups in total. The van der Waals surface area contributed by atoms with E-state index in [9.17, 15) is 16.8 Å². The molecular weight excluding hydrogens is 348 g/mol. The van der Waals surface area contributed by atoms with E-state index in [1.807, 2.05) is 18.2 Å². The molecule has 134 valence electrons. The van der Waals surface area contributed by atoms with E-state index in [-0.39, 0.29) is 17.5 Å². The normalized spacial score (nSPS) is 19.4. The van der Waals surface area contributed by atoms with Gasteiger partial charge in [-0.1, -0.05) is 37.5 Å².